The van der Waals surface area contributed by atoms with Crippen LogP contribution in [-0.2, 0) is 22.5 Å². The van der Waals surface area contributed by atoms with Gasteiger partial charge in [0, 0.05) is 36.5 Å². The van der Waals surface area contributed by atoms with Crippen molar-refractivity contribution < 1.29 is 13.9 Å². The molecule has 1 aliphatic heterocycles. The number of rotatable bonds is 4. The van der Waals surface area contributed by atoms with Gasteiger partial charge in [-0.1, -0.05) is 6.07 Å². The largest absolute Gasteiger partial charge is 0.466 e. The summed E-state index contributed by atoms with van der Waals surface area (Å²) in [6.45, 7) is 3.15. The molecule has 6 nitrogen and oxygen atoms in total. The van der Waals surface area contributed by atoms with E-state index in [0.717, 1.165) is 78.0 Å². The van der Waals surface area contributed by atoms with Gasteiger partial charge in [0.2, 0.25) is 0 Å². The van der Waals surface area contributed by atoms with E-state index in [2.05, 4.69) is 26.7 Å². The molecule has 35 heavy (non-hydrogen) atoms. The van der Waals surface area contributed by atoms with Crippen LogP contribution in [0.3, 0.4) is 0 Å². The number of carbonyl (C=O) groups is 1. The Balaban J connectivity index is 1.38. The van der Waals surface area contributed by atoms with Crippen molar-refractivity contribution in [1.82, 2.24) is 19.5 Å². The lowest BCUT2D eigenvalue weighted by molar-refractivity contribution is -0.150. The number of halogens is 1. The summed E-state index contributed by atoms with van der Waals surface area (Å²) in [5.74, 6) is 0.727. The Morgan fingerprint density at radius 3 is 2.51 bits per heavy atom. The summed E-state index contributed by atoms with van der Waals surface area (Å²) in [5, 5.41) is 0. The van der Waals surface area contributed by atoms with Gasteiger partial charge in [0.15, 0.2) is 0 Å². The van der Waals surface area contributed by atoms with Crippen molar-refractivity contribution in [1.29, 1.82) is 0 Å². The van der Waals surface area contributed by atoms with E-state index in [4.69, 9.17) is 9.72 Å². The molecule has 4 aromatic rings. The molecule has 1 saturated carbocycles. The average Bonchev–Trinajstić information content (AvgIpc) is 3.39. The molecular formula is C28H27FN4O2. The van der Waals surface area contributed by atoms with Crippen LogP contribution in [0.25, 0.3) is 33.5 Å². The minimum Gasteiger partial charge on any atom is -0.466 e. The fourth-order valence-corrected chi connectivity index (χ4v) is 5.80. The SMILES string of the molecule is CCOC(=O)C1CCC2(CC1)Cc1nc(-c3ccc(F)cc3)c(-c3ccc4nccnc4c3)n1C2. The molecule has 1 aliphatic carbocycles. The predicted octanol–water partition coefficient (Wildman–Crippen LogP) is 5.60. The first-order valence-electron chi connectivity index (χ1n) is 12.3. The molecule has 2 aliphatic rings. The van der Waals surface area contributed by atoms with Gasteiger partial charge in [-0.15, -0.1) is 0 Å². The molecular weight excluding hydrogens is 443 g/mol. The fraction of sp³-hybridized carbons (Fsp3) is 0.357. The molecule has 0 atom stereocenters. The lowest BCUT2D eigenvalue weighted by Crippen LogP contribution is -2.32. The molecule has 178 valence electrons. The van der Waals surface area contributed by atoms with E-state index in [9.17, 15) is 9.18 Å². The molecule has 6 rings (SSSR count). The summed E-state index contributed by atoms with van der Waals surface area (Å²) in [6, 6.07) is 12.7. The van der Waals surface area contributed by atoms with Gasteiger partial charge in [-0.25, -0.2) is 9.37 Å². The number of nitrogens with zero attached hydrogens (tertiary/aromatic N) is 4. The van der Waals surface area contributed by atoms with Gasteiger partial charge < -0.3 is 9.30 Å². The van der Waals surface area contributed by atoms with Crippen LogP contribution in [0.2, 0.25) is 0 Å². The third-order valence-corrected chi connectivity index (χ3v) is 7.60. The van der Waals surface area contributed by atoms with Crippen molar-refractivity contribution in [3.63, 3.8) is 0 Å². The number of fused-ring (bicyclic) bond motifs is 2. The van der Waals surface area contributed by atoms with Gasteiger partial charge >= 0.3 is 5.97 Å². The molecule has 0 amide bonds. The van der Waals surface area contributed by atoms with E-state index in [1.807, 2.05) is 13.0 Å². The maximum atomic E-state index is 13.7. The van der Waals surface area contributed by atoms with Crippen molar-refractivity contribution >= 4 is 17.0 Å². The molecule has 7 heteroatoms. The maximum Gasteiger partial charge on any atom is 0.308 e. The van der Waals surface area contributed by atoms with E-state index >= 15 is 0 Å². The second-order valence-electron chi connectivity index (χ2n) is 9.78. The van der Waals surface area contributed by atoms with Crippen LogP contribution in [0, 0.1) is 17.2 Å². The van der Waals surface area contributed by atoms with Gasteiger partial charge in [0.1, 0.15) is 11.6 Å². The van der Waals surface area contributed by atoms with E-state index in [0.29, 0.717) is 6.61 Å². The molecule has 0 bridgehead atoms. The number of imidazole rings is 1. The van der Waals surface area contributed by atoms with Crippen molar-refractivity contribution in [2.24, 2.45) is 11.3 Å². The van der Waals surface area contributed by atoms with Gasteiger partial charge in [0.25, 0.3) is 0 Å². The highest BCUT2D eigenvalue weighted by molar-refractivity contribution is 5.85. The second kappa shape index (κ2) is 8.56. The Morgan fingerprint density at radius 2 is 1.77 bits per heavy atom. The van der Waals surface area contributed by atoms with Crippen molar-refractivity contribution in [2.45, 2.75) is 45.6 Å². The number of carbonyl (C=O) groups excluding carboxylic acids is 1. The zero-order chi connectivity index (χ0) is 24.0. The van der Waals surface area contributed by atoms with Crippen LogP contribution >= 0.6 is 0 Å². The minimum atomic E-state index is -0.264. The summed E-state index contributed by atoms with van der Waals surface area (Å²) < 4.78 is 21.3. The van der Waals surface area contributed by atoms with Gasteiger partial charge in [-0.3, -0.25) is 14.8 Å². The smallest absolute Gasteiger partial charge is 0.308 e. The van der Waals surface area contributed by atoms with Gasteiger partial charge in [0.05, 0.1) is 34.9 Å². The first-order chi connectivity index (χ1) is 17.0. The van der Waals surface area contributed by atoms with E-state index < -0.39 is 0 Å². The lowest BCUT2D eigenvalue weighted by Gasteiger charge is -2.36. The number of benzene rings is 2. The standard InChI is InChI=1S/C28H27FN4O2/c1-2-35-27(34)19-9-11-28(12-10-19)16-24-32-25(18-3-6-21(29)7-4-18)26(33(24)17-28)20-5-8-22-23(15-20)31-14-13-30-22/h3-8,13-15,19H,2,9-12,16-17H2,1H3. The Labute approximate surface area is 203 Å². The average molecular weight is 471 g/mol. The van der Waals surface area contributed by atoms with Gasteiger partial charge in [-0.2, -0.15) is 0 Å². The van der Waals surface area contributed by atoms with Crippen molar-refractivity contribution in [3.05, 3.63) is 66.5 Å². The third-order valence-electron chi connectivity index (χ3n) is 7.60. The Morgan fingerprint density at radius 1 is 1.06 bits per heavy atom. The van der Waals surface area contributed by atoms with Crippen LogP contribution in [0.5, 0.6) is 0 Å². The summed E-state index contributed by atoms with van der Waals surface area (Å²) in [7, 11) is 0. The monoisotopic (exact) mass is 470 g/mol. The number of esters is 1. The van der Waals surface area contributed by atoms with Crippen LogP contribution in [0.1, 0.15) is 38.4 Å². The molecule has 1 fully saturated rings. The summed E-state index contributed by atoms with van der Waals surface area (Å²) in [4.78, 5) is 26.3. The summed E-state index contributed by atoms with van der Waals surface area (Å²) in [5.41, 5.74) is 5.58. The Bertz CT molecular complexity index is 1400. The van der Waals surface area contributed by atoms with Gasteiger partial charge in [-0.05, 0) is 74.4 Å². The highest BCUT2D eigenvalue weighted by Gasteiger charge is 2.44. The van der Waals surface area contributed by atoms with Crippen LogP contribution < -0.4 is 0 Å². The summed E-state index contributed by atoms with van der Waals surface area (Å²) >= 11 is 0. The molecule has 3 heterocycles. The number of hydrogen-bond acceptors (Lipinski definition) is 5. The Hall–Kier alpha value is -3.61. The first-order valence-corrected chi connectivity index (χ1v) is 12.3. The molecule has 0 unspecified atom stereocenters. The molecule has 0 N–H and O–H groups in total. The predicted molar refractivity (Wildman–Crippen MR) is 131 cm³/mol. The van der Waals surface area contributed by atoms with Crippen molar-refractivity contribution in [2.75, 3.05) is 6.61 Å². The lowest BCUT2D eigenvalue weighted by atomic mass is 9.69. The topological polar surface area (TPSA) is 69.9 Å². The highest BCUT2D eigenvalue weighted by atomic mass is 19.1. The number of hydrogen-bond donors (Lipinski definition) is 0. The third kappa shape index (κ3) is 3.89. The van der Waals surface area contributed by atoms with E-state index in [1.165, 1.54) is 12.1 Å². The normalized spacial score (nSPS) is 21.4. The quantitative estimate of drug-likeness (QED) is 0.364. The molecule has 1 spiro atoms. The fourth-order valence-electron chi connectivity index (χ4n) is 5.80. The Kier molecular flexibility index (Phi) is 5.35. The van der Waals surface area contributed by atoms with E-state index in [1.54, 1.807) is 24.5 Å². The zero-order valence-corrected chi connectivity index (χ0v) is 19.7. The van der Waals surface area contributed by atoms with Crippen LogP contribution in [0.15, 0.2) is 54.9 Å². The first kappa shape index (κ1) is 21.9. The molecule has 0 saturated heterocycles. The number of ether oxygens (including phenoxy) is 1. The highest BCUT2D eigenvalue weighted by Crippen LogP contribution is 2.49. The molecule has 0 radical (unpaired) electrons. The molecule has 2 aromatic carbocycles. The summed E-state index contributed by atoms with van der Waals surface area (Å²) in [6.07, 6.45) is 7.95. The van der Waals surface area contributed by atoms with E-state index in [-0.39, 0.29) is 23.1 Å². The maximum absolute atomic E-state index is 13.7. The second-order valence-corrected chi connectivity index (χ2v) is 9.78. The van der Waals surface area contributed by atoms with Crippen LogP contribution in [0.4, 0.5) is 4.39 Å². The molecule has 2 aromatic heterocycles. The minimum absolute atomic E-state index is 0.00167. The zero-order valence-electron chi connectivity index (χ0n) is 19.7. The number of aromatic nitrogens is 4. The van der Waals surface area contributed by atoms with Crippen LogP contribution in [-0.4, -0.2) is 32.1 Å². The van der Waals surface area contributed by atoms with Crippen molar-refractivity contribution in [3.8, 4) is 22.5 Å².